The molecule has 0 spiro atoms. The lowest BCUT2D eigenvalue weighted by Crippen LogP contribution is -2.44. The van der Waals surface area contributed by atoms with E-state index in [-0.39, 0.29) is 11.3 Å². The van der Waals surface area contributed by atoms with Gasteiger partial charge in [-0.25, -0.2) is 0 Å². The number of ether oxygens (including phenoxy) is 2. The number of nitrogens with one attached hydrogen (secondary N) is 1. The van der Waals surface area contributed by atoms with Gasteiger partial charge in [0.2, 0.25) is 0 Å². The Labute approximate surface area is 163 Å². The summed E-state index contributed by atoms with van der Waals surface area (Å²) in [5.41, 5.74) is 2.87. The molecule has 0 saturated carbocycles. The summed E-state index contributed by atoms with van der Waals surface area (Å²) in [6, 6.07) is 15.9. The summed E-state index contributed by atoms with van der Waals surface area (Å²) < 4.78 is 11.7. The second-order valence-corrected chi connectivity index (χ2v) is 7.63. The van der Waals surface area contributed by atoms with E-state index >= 15 is 0 Å². The fourth-order valence-corrected chi connectivity index (χ4v) is 3.82. The molecule has 1 aliphatic heterocycles. The second kappa shape index (κ2) is 8.80. The summed E-state index contributed by atoms with van der Waals surface area (Å²) in [7, 11) is 1.66. The van der Waals surface area contributed by atoms with Crippen molar-refractivity contribution < 1.29 is 14.3 Å². The highest BCUT2D eigenvalue weighted by molar-refractivity contribution is 9.10. The van der Waals surface area contributed by atoms with Crippen LogP contribution in [-0.2, 0) is 21.5 Å². The number of carbonyl (C=O) groups excluding carboxylic acids is 1. The van der Waals surface area contributed by atoms with E-state index in [9.17, 15) is 4.79 Å². The maximum atomic E-state index is 12.6. The zero-order chi connectivity index (χ0) is 18.4. The van der Waals surface area contributed by atoms with E-state index in [1.165, 1.54) is 5.56 Å². The molecule has 0 radical (unpaired) electrons. The topological polar surface area (TPSA) is 47.6 Å². The van der Waals surface area contributed by atoms with Crippen molar-refractivity contribution in [3.05, 3.63) is 69.7 Å². The van der Waals surface area contributed by atoms with Crippen LogP contribution in [0.2, 0.25) is 0 Å². The minimum absolute atomic E-state index is 0.0465. The predicted octanol–water partition coefficient (Wildman–Crippen LogP) is 4.07. The first-order valence-corrected chi connectivity index (χ1v) is 9.62. The monoisotopic (exact) mass is 417 g/mol. The molecule has 0 aromatic heterocycles. The first-order valence-electron chi connectivity index (χ1n) is 8.83. The maximum absolute atomic E-state index is 12.6. The largest absolute Gasteiger partial charge is 0.381 e. The van der Waals surface area contributed by atoms with Crippen LogP contribution in [0.5, 0.6) is 0 Å². The number of hydrogen-bond donors (Lipinski definition) is 1. The number of hydrogen-bond acceptors (Lipinski definition) is 3. The van der Waals surface area contributed by atoms with Gasteiger partial charge in [-0.3, -0.25) is 4.79 Å². The van der Waals surface area contributed by atoms with Gasteiger partial charge in [-0.2, -0.15) is 0 Å². The molecule has 1 aliphatic rings. The van der Waals surface area contributed by atoms with Gasteiger partial charge in [-0.05, 0) is 48.2 Å². The van der Waals surface area contributed by atoms with Crippen molar-refractivity contribution in [2.75, 3.05) is 26.9 Å². The summed E-state index contributed by atoms with van der Waals surface area (Å²) in [4.78, 5) is 12.6. The molecule has 3 rings (SSSR count). The number of benzene rings is 2. The zero-order valence-corrected chi connectivity index (χ0v) is 16.6. The van der Waals surface area contributed by atoms with E-state index in [0.717, 1.165) is 22.9 Å². The van der Waals surface area contributed by atoms with Crippen LogP contribution in [0, 0.1) is 0 Å². The average molecular weight is 418 g/mol. The number of methoxy groups -OCH3 is 1. The van der Waals surface area contributed by atoms with Crippen LogP contribution in [0.1, 0.15) is 34.3 Å². The smallest absolute Gasteiger partial charge is 0.251 e. The molecule has 0 bridgehead atoms. The molecule has 1 fully saturated rings. The van der Waals surface area contributed by atoms with Crippen molar-refractivity contribution in [1.29, 1.82) is 0 Å². The third-order valence-corrected chi connectivity index (χ3v) is 5.49. The van der Waals surface area contributed by atoms with Gasteiger partial charge in [-0.15, -0.1) is 0 Å². The summed E-state index contributed by atoms with van der Waals surface area (Å²) in [5, 5.41) is 3.14. The molecule has 0 atom stereocenters. The number of rotatable bonds is 6. The summed E-state index contributed by atoms with van der Waals surface area (Å²) >= 11 is 3.56. The molecule has 5 heteroatoms. The highest BCUT2D eigenvalue weighted by Crippen LogP contribution is 2.35. The molecule has 0 unspecified atom stereocenters. The van der Waals surface area contributed by atoms with Gasteiger partial charge in [0.05, 0.1) is 6.61 Å². The van der Waals surface area contributed by atoms with Gasteiger partial charge in [0.15, 0.2) is 0 Å². The standard InChI is InChI=1S/C21H24BrNO3/c1-25-14-16-5-7-17(8-6-16)20(24)23-15-21(9-11-26-12-10-21)18-3-2-4-19(22)13-18/h2-8,13H,9-12,14-15H2,1H3,(H,23,24). The van der Waals surface area contributed by atoms with Gasteiger partial charge < -0.3 is 14.8 Å². The third-order valence-electron chi connectivity index (χ3n) is 5.00. The Bertz CT molecular complexity index is 739. The molecule has 4 nitrogen and oxygen atoms in total. The number of amides is 1. The first-order chi connectivity index (χ1) is 12.6. The third kappa shape index (κ3) is 4.53. The number of carbonyl (C=O) groups is 1. The SMILES string of the molecule is COCc1ccc(C(=O)NCC2(c3cccc(Br)c3)CCOCC2)cc1. The van der Waals surface area contributed by atoms with Crippen LogP contribution < -0.4 is 5.32 Å². The Hall–Kier alpha value is -1.69. The van der Waals surface area contributed by atoms with Crippen LogP contribution in [0.4, 0.5) is 0 Å². The lowest BCUT2D eigenvalue weighted by atomic mass is 9.74. The fourth-order valence-electron chi connectivity index (χ4n) is 3.42. The van der Waals surface area contributed by atoms with Crippen molar-refractivity contribution in [2.24, 2.45) is 0 Å². The van der Waals surface area contributed by atoms with Gasteiger partial charge in [0.25, 0.3) is 5.91 Å². The van der Waals surface area contributed by atoms with Crippen LogP contribution in [0.3, 0.4) is 0 Å². The predicted molar refractivity (Wildman–Crippen MR) is 105 cm³/mol. The van der Waals surface area contributed by atoms with E-state index in [2.05, 4.69) is 33.4 Å². The quantitative estimate of drug-likeness (QED) is 0.770. The zero-order valence-electron chi connectivity index (χ0n) is 15.0. The Kier molecular flexibility index (Phi) is 6.46. The van der Waals surface area contributed by atoms with E-state index in [4.69, 9.17) is 9.47 Å². The lowest BCUT2D eigenvalue weighted by Gasteiger charge is -2.38. The van der Waals surface area contributed by atoms with Gasteiger partial charge in [0.1, 0.15) is 0 Å². The Morgan fingerprint density at radius 3 is 2.58 bits per heavy atom. The summed E-state index contributed by atoms with van der Waals surface area (Å²) in [6.45, 7) is 2.58. The van der Waals surface area contributed by atoms with E-state index in [0.29, 0.717) is 31.9 Å². The fraction of sp³-hybridized carbons (Fsp3) is 0.381. The van der Waals surface area contributed by atoms with Crippen LogP contribution >= 0.6 is 15.9 Å². The van der Waals surface area contributed by atoms with Crippen molar-refractivity contribution >= 4 is 21.8 Å². The average Bonchev–Trinajstić information content (AvgIpc) is 2.68. The molecular formula is C21H24BrNO3. The van der Waals surface area contributed by atoms with Crippen molar-refractivity contribution in [2.45, 2.75) is 24.9 Å². The molecule has 1 N–H and O–H groups in total. The molecule has 1 heterocycles. The maximum Gasteiger partial charge on any atom is 0.251 e. The lowest BCUT2D eigenvalue weighted by molar-refractivity contribution is 0.0487. The highest BCUT2D eigenvalue weighted by atomic mass is 79.9. The number of halogens is 1. The van der Waals surface area contributed by atoms with Gasteiger partial charge >= 0.3 is 0 Å². The summed E-state index contributed by atoms with van der Waals surface area (Å²) in [6.07, 6.45) is 1.80. The molecular weight excluding hydrogens is 394 g/mol. The summed E-state index contributed by atoms with van der Waals surface area (Å²) in [5.74, 6) is -0.0465. The van der Waals surface area contributed by atoms with E-state index in [1.54, 1.807) is 7.11 Å². The molecule has 1 saturated heterocycles. The molecule has 138 valence electrons. The first kappa shape index (κ1) is 19.1. The van der Waals surface area contributed by atoms with Crippen molar-refractivity contribution in [1.82, 2.24) is 5.32 Å². The van der Waals surface area contributed by atoms with E-state index in [1.807, 2.05) is 36.4 Å². The minimum atomic E-state index is -0.0896. The minimum Gasteiger partial charge on any atom is -0.381 e. The van der Waals surface area contributed by atoms with Gasteiger partial charge in [0, 0.05) is 42.3 Å². The second-order valence-electron chi connectivity index (χ2n) is 6.72. The van der Waals surface area contributed by atoms with Crippen LogP contribution in [0.25, 0.3) is 0 Å². The van der Waals surface area contributed by atoms with Crippen molar-refractivity contribution in [3.8, 4) is 0 Å². The Morgan fingerprint density at radius 2 is 1.92 bits per heavy atom. The van der Waals surface area contributed by atoms with E-state index < -0.39 is 0 Å². The van der Waals surface area contributed by atoms with Crippen molar-refractivity contribution in [3.63, 3.8) is 0 Å². The molecule has 2 aromatic carbocycles. The normalized spacial score (nSPS) is 16.2. The van der Waals surface area contributed by atoms with Crippen LogP contribution in [0.15, 0.2) is 53.0 Å². The van der Waals surface area contributed by atoms with Crippen LogP contribution in [-0.4, -0.2) is 32.8 Å². The molecule has 26 heavy (non-hydrogen) atoms. The molecule has 0 aliphatic carbocycles. The highest BCUT2D eigenvalue weighted by Gasteiger charge is 2.35. The Balaban J connectivity index is 1.72. The van der Waals surface area contributed by atoms with Gasteiger partial charge in [-0.1, -0.05) is 40.2 Å². The molecule has 2 aromatic rings. The molecule has 1 amide bonds. The Morgan fingerprint density at radius 1 is 1.19 bits per heavy atom.